The number of nitrogens with one attached hydrogen (secondary N) is 2. The van der Waals surface area contributed by atoms with E-state index in [1.165, 1.54) is 12.0 Å². The number of ether oxygens (including phenoxy) is 1. The Bertz CT molecular complexity index is 717. The fourth-order valence-electron chi connectivity index (χ4n) is 4.19. The minimum absolute atomic E-state index is 0.0106. The standard InChI is InChI=1S/C23H33ClN2O3/c1-22(2,3)29-21(28)26-19(16-7-5-4-6-8-16)20(27)25-15-23(13-14-23)17-9-11-18(24)12-10-17/h9-12,16,19H,4-8,13-15H2,1-3H3,(H,25,27)(H,26,28). The molecular formula is C23H33ClN2O3. The first kappa shape index (κ1) is 21.9. The number of hydrogen-bond acceptors (Lipinski definition) is 3. The Morgan fingerprint density at radius 2 is 1.76 bits per heavy atom. The molecular weight excluding hydrogens is 388 g/mol. The fourth-order valence-corrected chi connectivity index (χ4v) is 4.31. The van der Waals surface area contributed by atoms with Crippen LogP contribution >= 0.6 is 11.6 Å². The Morgan fingerprint density at radius 1 is 1.14 bits per heavy atom. The molecule has 5 nitrogen and oxygen atoms in total. The van der Waals surface area contributed by atoms with Crippen molar-refractivity contribution in [1.29, 1.82) is 0 Å². The number of carbonyl (C=O) groups excluding carboxylic acids is 2. The van der Waals surface area contributed by atoms with Gasteiger partial charge in [0.25, 0.3) is 0 Å². The van der Waals surface area contributed by atoms with E-state index in [4.69, 9.17) is 16.3 Å². The van der Waals surface area contributed by atoms with Gasteiger partial charge in [-0.1, -0.05) is 43.0 Å². The number of halogens is 1. The number of benzene rings is 1. The molecule has 160 valence electrons. The van der Waals surface area contributed by atoms with Gasteiger partial charge in [-0.3, -0.25) is 4.79 Å². The van der Waals surface area contributed by atoms with Gasteiger partial charge in [-0.15, -0.1) is 0 Å². The third-order valence-corrected chi connectivity index (χ3v) is 6.24. The second kappa shape index (κ2) is 8.95. The molecule has 0 saturated heterocycles. The third-order valence-electron chi connectivity index (χ3n) is 5.99. The van der Waals surface area contributed by atoms with E-state index < -0.39 is 17.7 Å². The molecule has 0 bridgehead atoms. The van der Waals surface area contributed by atoms with Gasteiger partial charge in [0, 0.05) is 17.0 Å². The first-order valence-corrected chi connectivity index (χ1v) is 11.1. The van der Waals surface area contributed by atoms with Crippen molar-refractivity contribution >= 4 is 23.6 Å². The number of hydrogen-bond donors (Lipinski definition) is 2. The van der Waals surface area contributed by atoms with E-state index in [-0.39, 0.29) is 17.2 Å². The molecule has 1 atom stereocenters. The minimum atomic E-state index is -0.593. The van der Waals surface area contributed by atoms with Gasteiger partial charge in [0.05, 0.1) is 0 Å². The lowest BCUT2D eigenvalue weighted by Gasteiger charge is -2.31. The van der Waals surface area contributed by atoms with Crippen LogP contribution in [0.2, 0.25) is 5.02 Å². The van der Waals surface area contributed by atoms with Crippen LogP contribution in [0.4, 0.5) is 4.79 Å². The van der Waals surface area contributed by atoms with Crippen molar-refractivity contribution in [1.82, 2.24) is 10.6 Å². The highest BCUT2D eigenvalue weighted by molar-refractivity contribution is 6.30. The number of amides is 2. The normalized spacial score (nSPS) is 19.9. The second-order valence-electron chi connectivity index (χ2n) is 9.53. The summed E-state index contributed by atoms with van der Waals surface area (Å²) in [6.45, 7) is 6.05. The Balaban J connectivity index is 1.64. The van der Waals surface area contributed by atoms with Gasteiger partial charge < -0.3 is 15.4 Å². The summed E-state index contributed by atoms with van der Waals surface area (Å²) in [5.74, 6) is 0.0463. The van der Waals surface area contributed by atoms with Gasteiger partial charge >= 0.3 is 6.09 Å². The molecule has 0 spiro atoms. The molecule has 1 unspecified atom stereocenters. The lowest BCUT2D eigenvalue weighted by Crippen LogP contribution is -2.53. The van der Waals surface area contributed by atoms with Crippen LogP contribution in [-0.2, 0) is 14.9 Å². The molecule has 2 saturated carbocycles. The Labute approximate surface area is 178 Å². The maximum absolute atomic E-state index is 13.1. The molecule has 0 radical (unpaired) electrons. The molecule has 2 amide bonds. The average molecular weight is 421 g/mol. The van der Waals surface area contributed by atoms with Gasteiger partial charge in [-0.05, 0) is 70.1 Å². The lowest BCUT2D eigenvalue weighted by molar-refractivity contribution is -0.125. The predicted molar refractivity (Wildman–Crippen MR) is 115 cm³/mol. The zero-order chi connectivity index (χ0) is 21.1. The van der Waals surface area contributed by atoms with Crippen LogP contribution in [0.3, 0.4) is 0 Å². The van der Waals surface area contributed by atoms with Crippen molar-refractivity contribution in [2.75, 3.05) is 6.54 Å². The molecule has 0 heterocycles. The Kier molecular flexibility index (Phi) is 6.77. The highest BCUT2D eigenvalue weighted by Gasteiger charge is 2.45. The lowest BCUT2D eigenvalue weighted by atomic mass is 9.83. The van der Waals surface area contributed by atoms with Crippen LogP contribution in [0.15, 0.2) is 24.3 Å². The molecule has 29 heavy (non-hydrogen) atoms. The molecule has 1 aromatic rings. The van der Waals surface area contributed by atoms with E-state index >= 15 is 0 Å². The van der Waals surface area contributed by atoms with Crippen LogP contribution in [0.25, 0.3) is 0 Å². The fraction of sp³-hybridized carbons (Fsp3) is 0.652. The number of carbonyl (C=O) groups is 2. The van der Waals surface area contributed by atoms with Crippen molar-refractivity contribution in [2.24, 2.45) is 5.92 Å². The van der Waals surface area contributed by atoms with Gasteiger partial charge in [0.2, 0.25) is 5.91 Å². The van der Waals surface area contributed by atoms with E-state index in [1.807, 2.05) is 45.0 Å². The van der Waals surface area contributed by atoms with Crippen LogP contribution in [-0.4, -0.2) is 30.2 Å². The SMILES string of the molecule is CC(C)(C)OC(=O)NC(C(=O)NCC1(c2ccc(Cl)cc2)CC1)C1CCCCC1. The second-order valence-corrected chi connectivity index (χ2v) is 9.96. The Hall–Kier alpha value is -1.75. The maximum atomic E-state index is 13.1. The van der Waals surface area contributed by atoms with E-state index in [9.17, 15) is 9.59 Å². The zero-order valence-electron chi connectivity index (χ0n) is 17.7. The number of alkyl carbamates (subject to hydrolysis) is 1. The Morgan fingerprint density at radius 3 is 2.31 bits per heavy atom. The summed E-state index contributed by atoms with van der Waals surface area (Å²) >= 11 is 6.01. The van der Waals surface area contributed by atoms with Crippen LogP contribution in [0.5, 0.6) is 0 Å². The zero-order valence-corrected chi connectivity index (χ0v) is 18.5. The van der Waals surface area contributed by atoms with E-state index in [0.29, 0.717) is 11.6 Å². The molecule has 3 rings (SSSR count). The van der Waals surface area contributed by atoms with Crippen LogP contribution in [0, 0.1) is 5.92 Å². The summed E-state index contributed by atoms with van der Waals surface area (Å²) < 4.78 is 5.40. The molecule has 0 aliphatic heterocycles. The topological polar surface area (TPSA) is 67.4 Å². The van der Waals surface area contributed by atoms with Crippen molar-refractivity contribution in [3.8, 4) is 0 Å². The average Bonchev–Trinajstić information content (AvgIpc) is 3.45. The van der Waals surface area contributed by atoms with E-state index in [0.717, 1.165) is 38.5 Å². The van der Waals surface area contributed by atoms with Gasteiger partial charge in [0.1, 0.15) is 11.6 Å². The molecule has 6 heteroatoms. The van der Waals surface area contributed by atoms with E-state index in [1.54, 1.807) is 0 Å². The molecule has 0 aromatic heterocycles. The van der Waals surface area contributed by atoms with E-state index in [2.05, 4.69) is 10.6 Å². The first-order valence-electron chi connectivity index (χ1n) is 10.7. The summed E-state index contributed by atoms with van der Waals surface area (Å²) in [4.78, 5) is 25.5. The first-order chi connectivity index (χ1) is 13.7. The number of rotatable bonds is 6. The smallest absolute Gasteiger partial charge is 0.408 e. The molecule has 1 aromatic carbocycles. The highest BCUT2D eigenvalue weighted by atomic mass is 35.5. The summed E-state index contributed by atoms with van der Waals surface area (Å²) in [6, 6.07) is 7.32. The van der Waals surface area contributed by atoms with Crippen LogP contribution < -0.4 is 10.6 Å². The third kappa shape index (κ3) is 6.11. The molecule has 2 aliphatic carbocycles. The molecule has 2 aliphatic rings. The largest absolute Gasteiger partial charge is 0.444 e. The van der Waals surface area contributed by atoms with Gasteiger partial charge in [-0.25, -0.2) is 4.79 Å². The van der Waals surface area contributed by atoms with Crippen molar-refractivity contribution in [3.05, 3.63) is 34.9 Å². The highest BCUT2D eigenvalue weighted by Crippen LogP contribution is 2.47. The van der Waals surface area contributed by atoms with Crippen LogP contribution in [0.1, 0.15) is 71.3 Å². The van der Waals surface area contributed by atoms with Gasteiger partial charge in [-0.2, -0.15) is 0 Å². The predicted octanol–water partition coefficient (Wildman–Crippen LogP) is 4.96. The summed E-state index contributed by atoms with van der Waals surface area (Å²) in [5.41, 5.74) is 0.602. The van der Waals surface area contributed by atoms with Crippen molar-refractivity contribution in [2.45, 2.75) is 82.8 Å². The monoisotopic (exact) mass is 420 g/mol. The molecule has 2 N–H and O–H groups in total. The summed E-state index contributed by atoms with van der Waals surface area (Å²) in [5, 5.41) is 6.69. The van der Waals surface area contributed by atoms with Crippen molar-refractivity contribution < 1.29 is 14.3 Å². The maximum Gasteiger partial charge on any atom is 0.408 e. The quantitative estimate of drug-likeness (QED) is 0.683. The summed E-state index contributed by atoms with van der Waals surface area (Å²) in [7, 11) is 0. The summed E-state index contributed by atoms with van der Waals surface area (Å²) in [6.07, 6.45) is 6.86. The van der Waals surface area contributed by atoms with Gasteiger partial charge in [0.15, 0.2) is 0 Å². The molecule has 2 fully saturated rings. The van der Waals surface area contributed by atoms with Crippen molar-refractivity contribution in [3.63, 3.8) is 0 Å². The minimum Gasteiger partial charge on any atom is -0.444 e.